The van der Waals surface area contributed by atoms with Crippen LogP contribution in [0.4, 0.5) is 5.69 Å². The molecule has 3 heteroatoms. The van der Waals surface area contributed by atoms with Gasteiger partial charge in [-0.2, -0.15) is 0 Å². The van der Waals surface area contributed by atoms with Crippen LogP contribution in [0.1, 0.15) is 36.2 Å². The quantitative estimate of drug-likeness (QED) is 0.892. The highest BCUT2D eigenvalue weighted by molar-refractivity contribution is 5.59. The second kappa shape index (κ2) is 6.06. The Morgan fingerprint density at radius 3 is 3.05 bits per heavy atom. The number of rotatable bonds is 4. The molecular formula is C17H21N3. The minimum atomic E-state index is 0.260. The minimum absolute atomic E-state index is 0.260. The maximum absolute atomic E-state index is 4.40. The Kier molecular flexibility index (Phi) is 3.97. The second-order valence-corrected chi connectivity index (χ2v) is 5.34. The van der Waals surface area contributed by atoms with Crippen LogP contribution in [0.3, 0.4) is 0 Å². The summed E-state index contributed by atoms with van der Waals surface area (Å²) >= 11 is 0. The zero-order valence-electron chi connectivity index (χ0n) is 11.9. The van der Waals surface area contributed by atoms with Crippen LogP contribution in [0, 0.1) is 0 Å². The molecule has 1 aliphatic heterocycles. The Balaban J connectivity index is 1.70. The van der Waals surface area contributed by atoms with Crippen LogP contribution in [-0.2, 0) is 13.0 Å². The average Bonchev–Trinajstić information content (AvgIpc) is 2.53. The van der Waals surface area contributed by atoms with E-state index in [0.29, 0.717) is 0 Å². The van der Waals surface area contributed by atoms with E-state index >= 15 is 0 Å². The van der Waals surface area contributed by atoms with Gasteiger partial charge in [0, 0.05) is 31.0 Å². The summed E-state index contributed by atoms with van der Waals surface area (Å²) in [4.78, 5) is 4.40. The van der Waals surface area contributed by atoms with Crippen molar-refractivity contribution >= 4 is 5.69 Å². The van der Waals surface area contributed by atoms with E-state index in [-0.39, 0.29) is 6.04 Å². The summed E-state index contributed by atoms with van der Waals surface area (Å²) in [6, 6.07) is 12.9. The molecule has 0 amide bonds. The second-order valence-electron chi connectivity index (χ2n) is 5.34. The van der Waals surface area contributed by atoms with E-state index in [1.807, 2.05) is 18.3 Å². The first-order chi connectivity index (χ1) is 9.84. The Morgan fingerprint density at radius 2 is 2.20 bits per heavy atom. The van der Waals surface area contributed by atoms with E-state index in [1.54, 1.807) is 0 Å². The Labute approximate surface area is 120 Å². The summed E-state index contributed by atoms with van der Waals surface area (Å²) in [5.74, 6) is 0. The number of pyridine rings is 1. The van der Waals surface area contributed by atoms with Crippen LogP contribution in [0.15, 0.2) is 42.6 Å². The molecule has 1 atom stereocenters. The molecule has 1 aliphatic rings. The number of anilines is 1. The van der Waals surface area contributed by atoms with Gasteiger partial charge in [0.1, 0.15) is 0 Å². The van der Waals surface area contributed by atoms with Crippen LogP contribution >= 0.6 is 0 Å². The highest BCUT2D eigenvalue weighted by Crippen LogP contribution is 2.26. The van der Waals surface area contributed by atoms with Gasteiger partial charge in [-0.1, -0.05) is 24.3 Å². The molecule has 0 fully saturated rings. The lowest BCUT2D eigenvalue weighted by molar-refractivity contribution is 0.561. The smallest absolute Gasteiger partial charge is 0.0570 e. The summed E-state index contributed by atoms with van der Waals surface area (Å²) in [6.07, 6.45) is 4.26. The summed E-state index contributed by atoms with van der Waals surface area (Å²) in [5.41, 5.74) is 5.22. The number of hydrogen-bond donors (Lipinski definition) is 2. The first-order valence-corrected chi connectivity index (χ1v) is 7.33. The lowest BCUT2D eigenvalue weighted by Gasteiger charge is -2.22. The number of benzene rings is 1. The van der Waals surface area contributed by atoms with Gasteiger partial charge in [-0.15, -0.1) is 0 Å². The first-order valence-electron chi connectivity index (χ1n) is 7.33. The predicted octanol–water partition coefficient (Wildman–Crippen LogP) is 3.29. The molecule has 2 heterocycles. The van der Waals surface area contributed by atoms with E-state index in [0.717, 1.165) is 18.8 Å². The number of fused-ring (bicyclic) bond motifs is 1. The SMILES string of the molecule is C[C@H](NCc1cccc2c1NCCC2)c1ccccn1. The molecule has 0 spiro atoms. The predicted molar refractivity (Wildman–Crippen MR) is 82.7 cm³/mol. The van der Waals surface area contributed by atoms with Gasteiger partial charge >= 0.3 is 0 Å². The Bertz CT molecular complexity index is 566. The van der Waals surface area contributed by atoms with Crippen LogP contribution in [0.5, 0.6) is 0 Å². The van der Waals surface area contributed by atoms with Crippen molar-refractivity contribution in [2.45, 2.75) is 32.4 Å². The van der Waals surface area contributed by atoms with Crippen LogP contribution < -0.4 is 10.6 Å². The van der Waals surface area contributed by atoms with E-state index in [2.05, 4.69) is 46.8 Å². The Hall–Kier alpha value is -1.87. The van der Waals surface area contributed by atoms with Crippen molar-refractivity contribution in [1.82, 2.24) is 10.3 Å². The molecule has 0 saturated heterocycles. The third-order valence-electron chi connectivity index (χ3n) is 3.89. The number of aromatic nitrogens is 1. The summed E-state index contributed by atoms with van der Waals surface area (Å²) in [6.45, 7) is 4.11. The molecule has 0 bridgehead atoms. The summed E-state index contributed by atoms with van der Waals surface area (Å²) in [5, 5.41) is 7.10. The van der Waals surface area contributed by atoms with Crippen LogP contribution in [0.2, 0.25) is 0 Å². The van der Waals surface area contributed by atoms with E-state index in [9.17, 15) is 0 Å². The summed E-state index contributed by atoms with van der Waals surface area (Å²) < 4.78 is 0. The number of hydrogen-bond acceptors (Lipinski definition) is 3. The average molecular weight is 267 g/mol. The van der Waals surface area contributed by atoms with E-state index in [1.165, 1.54) is 29.7 Å². The maximum Gasteiger partial charge on any atom is 0.0570 e. The van der Waals surface area contributed by atoms with Crippen molar-refractivity contribution in [3.63, 3.8) is 0 Å². The summed E-state index contributed by atoms with van der Waals surface area (Å²) in [7, 11) is 0. The monoisotopic (exact) mass is 267 g/mol. The fourth-order valence-electron chi connectivity index (χ4n) is 2.73. The molecule has 0 aliphatic carbocycles. The molecule has 0 saturated carbocycles. The largest absolute Gasteiger partial charge is 0.385 e. The molecule has 3 nitrogen and oxygen atoms in total. The van der Waals surface area contributed by atoms with E-state index in [4.69, 9.17) is 0 Å². The first kappa shape index (κ1) is 13.1. The fraction of sp³-hybridized carbons (Fsp3) is 0.353. The van der Waals surface area contributed by atoms with Gasteiger partial charge in [0.05, 0.1) is 5.69 Å². The lowest BCUT2D eigenvalue weighted by Crippen LogP contribution is -2.21. The van der Waals surface area contributed by atoms with Gasteiger partial charge in [0.2, 0.25) is 0 Å². The van der Waals surface area contributed by atoms with Crippen LogP contribution in [0.25, 0.3) is 0 Å². The fourth-order valence-corrected chi connectivity index (χ4v) is 2.73. The van der Waals surface area contributed by atoms with Crippen molar-refractivity contribution in [3.8, 4) is 0 Å². The zero-order valence-corrected chi connectivity index (χ0v) is 11.9. The molecule has 0 unspecified atom stereocenters. The number of para-hydroxylation sites is 1. The molecule has 2 aromatic rings. The normalized spacial score (nSPS) is 15.2. The molecule has 1 aromatic heterocycles. The lowest BCUT2D eigenvalue weighted by atomic mass is 9.99. The highest BCUT2D eigenvalue weighted by atomic mass is 14.9. The third kappa shape index (κ3) is 2.83. The zero-order chi connectivity index (χ0) is 13.8. The van der Waals surface area contributed by atoms with Gasteiger partial charge < -0.3 is 10.6 Å². The van der Waals surface area contributed by atoms with Gasteiger partial charge in [-0.3, -0.25) is 4.98 Å². The van der Waals surface area contributed by atoms with Gasteiger partial charge in [-0.25, -0.2) is 0 Å². The van der Waals surface area contributed by atoms with Crippen molar-refractivity contribution in [1.29, 1.82) is 0 Å². The Morgan fingerprint density at radius 1 is 1.25 bits per heavy atom. The topological polar surface area (TPSA) is 37.0 Å². The molecule has 2 N–H and O–H groups in total. The van der Waals surface area contributed by atoms with Crippen molar-refractivity contribution < 1.29 is 0 Å². The molecule has 1 aromatic carbocycles. The molecular weight excluding hydrogens is 246 g/mol. The van der Waals surface area contributed by atoms with Gasteiger partial charge in [0.15, 0.2) is 0 Å². The van der Waals surface area contributed by atoms with E-state index < -0.39 is 0 Å². The molecule has 0 radical (unpaired) electrons. The standard InChI is InChI=1S/C17H21N3/c1-13(16-9-2-3-10-18-16)20-12-15-7-4-6-14-8-5-11-19-17(14)15/h2-4,6-7,9-10,13,19-20H,5,8,11-12H2,1H3/t13-/m0/s1. The van der Waals surface area contributed by atoms with Crippen LogP contribution in [-0.4, -0.2) is 11.5 Å². The molecule has 104 valence electrons. The molecule has 20 heavy (non-hydrogen) atoms. The molecule has 3 rings (SSSR count). The number of aryl methyl sites for hydroxylation is 1. The number of nitrogens with one attached hydrogen (secondary N) is 2. The minimum Gasteiger partial charge on any atom is -0.385 e. The number of nitrogens with zero attached hydrogens (tertiary/aromatic N) is 1. The van der Waals surface area contributed by atoms with Crippen molar-refractivity contribution in [2.75, 3.05) is 11.9 Å². The van der Waals surface area contributed by atoms with Crippen molar-refractivity contribution in [3.05, 3.63) is 59.4 Å². The van der Waals surface area contributed by atoms with Crippen molar-refractivity contribution in [2.24, 2.45) is 0 Å². The van der Waals surface area contributed by atoms with Gasteiger partial charge in [0.25, 0.3) is 0 Å². The maximum atomic E-state index is 4.40. The highest BCUT2D eigenvalue weighted by Gasteiger charge is 2.13. The van der Waals surface area contributed by atoms with Gasteiger partial charge in [-0.05, 0) is 43.0 Å². The third-order valence-corrected chi connectivity index (χ3v) is 3.89.